The number of aromatic nitrogens is 2. The summed E-state index contributed by atoms with van der Waals surface area (Å²) in [5.74, 6) is -0.160. The molecule has 1 aromatic heterocycles. The minimum Gasteiger partial charge on any atom is -0.321 e. The summed E-state index contributed by atoms with van der Waals surface area (Å²) in [6.45, 7) is 5.33. The van der Waals surface area contributed by atoms with E-state index >= 15 is 0 Å². The van der Waals surface area contributed by atoms with Gasteiger partial charge in [-0.25, -0.2) is 0 Å². The molecule has 0 radical (unpaired) electrons. The fraction of sp³-hybridized carbons (Fsp3) is 0.261. The van der Waals surface area contributed by atoms with Gasteiger partial charge in [-0.2, -0.15) is 5.10 Å². The molecule has 0 spiro atoms. The van der Waals surface area contributed by atoms with E-state index in [0.29, 0.717) is 35.8 Å². The Labute approximate surface area is 180 Å². The number of rotatable bonds is 5. The summed E-state index contributed by atoms with van der Waals surface area (Å²) in [4.78, 5) is 26.4. The molecule has 0 bridgehead atoms. The van der Waals surface area contributed by atoms with Gasteiger partial charge in [0, 0.05) is 29.9 Å². The van der Waals surface area contributed by atoms with Crippen molar-refractivity contribution in [2.24, 2.45) is 0 Å². The van der Waals surface area contributed by atoms with Gasteiger partial charge in [0.15, 0.2) is 0 Å². The molecule has 2 aromatic carbocycles. The van der Waals surface area contributed by atoms with Crippen LogP contribution in [-0.2, 0) is 11.3 Å². The number of amides is 2. The fourth-order valence-electron chi connectivity index (χ4n) is 3.66. The molecule has 1 N–H and O–H groups in total. The van der Waals surface area contributed by atoms with Gasteiger partial charge in [0.05, 0.1) is 22.9 Å². The van der Waals surface area contributed by atoms with Crippen LogP contribution in [0.2, 0.25) is 5.02 Å². The molecule has 0 unspecified atom stereocenters. The predicted octanol–water partition coefficient (Wildman–Crippen LogP) is 4.58. The van der Waals surface area contributed by atoms with Crippen molar-refractivity contribution in [2.45, 2.75) is 33.2 Å². The van der Waals surface area contributed by atoms with E-state index in [2.05, 4.69) is 10.4 Å². The Morgan fingerprint density at radius 2 is 1.90 bits per heavy atom. The largest absolute Gasteiger partial charge is 0.321 e. The number of benzene rings is 2. The van der Waals surface area contributed by atoms with E-state index in [4.69, 9.17) is 11.6 Å². The number of halogens is 1. The fourth-order valence-corrected chi connectivity index (χ4v) is 3.83. The highest BCUT2D eigenvalue weighted by Gasteiger charge is 2.22. The molecule has 1 aliphatic rings. The third-order valence-corrected chi connectivity index (χ3v) is 5.56. The zero-order valence-corrected chi connectivity index (χ0v) is 17.7. The van der Waals surface area contributed by atoms with E-state index < -0.39 is 0 Å². The maximum Gasteiger partial charge on any atom is 0.255 e. The third-order valence-electron chi connectivity index (χ3n) is 5.24. The zero-order chi connectivity index (χ0) is 21.3. The van der Waals surface area contributed by atoms with Crippen LogP contribution in [0.3, 0.4) is 0 Å². The van der Waals surface area contributed by atoms with Gasteiger partial charge in [-0.1, -0.05) is 23.7 Å². The van der Waals surface area contributed by atoms with Crippen molar-refractivity contribution < 1.29 is 9.59 Å². The molecule has 0 atom stereocenters. The molecule has 1 fully saturated rings. The lowest BCUT2D eigenvalue weighted by molar-refractivity contribution is -0.117. The molecular formula is C23H23ClN4O2. The summed E-state index contributed by atoms with van der Waals surface area (Å²) >= 11 is 6.28. The Bertz CT molecular complexity index is 1100. The molecule has 4 rings (SSSR count). The number of hydrogen-bond acceptors (Lipinski definition) is 3. The third kappa shape index (κ3) is 4.24. The zero-order valence-electron chi connectivity index (χ0n) is 17.0. The molecule has 2 amide bonds. The maximum atomic E-state index is 12.7. The number of anilines is 2. The number of aryl methyl sites for hydroxylation is 2. The molecule has 30 heavy (non-hydrogen) atoms. The molecule has 6 nitrogen and oxygen atoms in total. The van der Waals surface area contributed by atoms with Crippen LogP contribution in [0.1, 0.15) is 40.2 Å². The molecule has 154 valence electrons. The number of hydrogen-bond donors (Lipinski definition) is 1. The van der Waals surface area contributed by atoms with Crippen LogP contribution in [0.4, 0.5) is 11.4 Å². The van der Waals surface area contributed by atoms with Crippen LogP contribution in [0.25, 0.3) is 0 Å². The quantitative estimate of drug-likeness (QED) is 0.654. The highest BCUT2D eigenvalue weighted by molar-refractivity contribution is 6.34. The standard InChI is InChI=1S/C23H23ClN4O2/c1-15-12-16(2)28(26-15)14-17-5-7-18(8-6-17)23(30)25-21-13-19(9-10-20(21)24)27-11-3-4-22(27)29/h5-10,12-13H,3-4,11,14H2,1-2H3,(H,25,30). The van der Waals surface area contributed by atoms with Crippen LogP contribution in [0.15, 0.2) is 48.5 Å². The summed E-state index contributed by atoms with van der Waals surface area (Å²) in [6, 6.07) is 14.7. The van der Waals surface area contributed by atoms with E-state index in [1.165, 1.54) is 0 Å². The lowest BCUT2D eigenvalue weighted by atomic mass is 10.1. The topological polar surface area (TPSA) is 67.2 Å². The minimum atomic E-state index is -0.250. The average molecular weight is 423 g/mol. The monoisotopic (exact) mass is 422 g/mol. The first-order valence-corrected chi connectivity index (χ1v) is 10.3. The van der Waals surface area contributed by atoms with Crippen molar-refractivity contribution in [1.82, 2.24) is 9.78 Å². The number of carbonyl (C=O) groups excluding carboxylic acids is 2. The van der Waals surface area contributed by atoms with Gasteiger partial charge in [-0.3, -0.25) is 14.3 Å². The molecule has 0 aliphatic carbocycles. The highest BCUT2D eigenvalue weighted by Crippen LogP contribution is 2.30. The van der Waals surface area contributed by atoms with Crippen LogP contribution in [0, 0.1) is 13.8 Å². The van der Waals surface area contributed by atoms with Crippen LogP contribution < -0.4 is 10.2 Å². The Kier molecular flexibility index (Phi) is 5.59. The first-order chi connectivity index (χ1) is 14.4. The molecule has 1 aliphatic heterocycles. The predicted molar refractivity (Wildman–Crippen MR) is 118 cm³/mol. The van der Waals surface area contributed by atoms with Crippen molar-refractivity contribution in [3.05, 3.63) is 76.1 Å². The van der Waals surface area contributed by atoms with Crippen LogP contribution >= 0.6 is 11.6 Å². The second kappa shape index (κ2) is 8.32. The van der Waals surface area contributed by atoms with Crippen molar-refractivity contribution in [2.75, 3.05) is 16.8 Å². The Morgan fingerprint density at radius 1 is 1.13 bits per heavy atom. The summed E-state index contributed by atoms with van der Waals surface area (Å²) in [7, 11) is 0. The molecule has 2 heterocycles. The van der Waals surface area contributed by atoms with Crippen molar-refractivity contribution in [3.8, 4) is 0 Å². The lowest BCUT2D eigenvalue weighted by Crippen LogP contribution is -2.23. The van der Waals surface area contributed by atoms with Crippen molar-refractivity contribution >= 4 is 34.8 Å². The summed E-state index contributed by atoms with van der Waals surface area (Å²) in [5.41, 5.74) is 4.91. The molecule has 7 heteroatoms. The summed E-state index contributed by atoms with van der Waals surface area (Å²) in [6.07, 6.45) is 1.39. The van der Waals surface area contributed by atoms with Crippen molar-refractivity contribution in [3.63, 3.8) is 0 Å². The van der Waals surface area contributed by atoms with E-state index in [1.54, 1.807) is 35.2 Å². The Morgan fingerprint density at radius 3 is 2.53 bits per heavy atom. The van der Waals surface area contributed by atoms with Gasteiger partial charge in [0.1, 0.15) is 0 Å². The lowest BCUT2D eigenvalue weighted by Gasteiger charge is -2.17. The highest BCUT2D eigenvalue weighted by atomic mass is 35.5. The molecule has 0 saturated carbocycles. The van der Waals surface area contributed by atoms with Gasteiger partial charge in [0.2, 0.25) is 5.91 Å². The summed E-state index contributed by atoms with van der Waals surface area (Å²) < 4.78 is 1.94. The second-order valence-corrected chi connectivity index (χ2v) is 7.96. The first-order valence-electron chi connectivity index (χ1n) is 9.92. The van der Waals surface area contributed by atoms with Gasteiger partial charge in [0.25, 0.3) is 5.91 Å². The Hall–Kier alpha value is -3.12. The average Bonchev–Trinajstić information content (AvgIpc) is 3.28. The van der Waals surface area contributed by atoms with E-state index in [1.807, 2.05) is 36.7 Å². The van der Waals surface area contributed by atoms with E-state index in [-0.39, 0.29) is 11.8 Å². The van der Waals surface area contributed by atoms with Gasteiger partial charge >= 0.3 is 0 Å². The SMILES string of the molecule is Cc1cc(C)n(Cc2ccc(C(=O)Nc3cc(N4CCCC4=O)ccc3Cl)cc2)n1. The Balaban J connectivity index is 1.47. The van der Waals surface area contributed by atoms with Gasteiger partial charge in [-0.05, 0) is 62.2 Å². The van der Waals surface area contributed by atoms with Gasteiger partial charge < -0.3 is 10.2 Å². The molecular weight excluding hydrogens is 400 g/mol. The minimum absolute atomic E-state index is 0.0906. The van der Waals surface area contributed by atoms with Crippen LogP contribution in [-0.4, -0.2) is 28.1 Å². The molecule has 3 aromatic rings. The number of nitrogens with zero attached hydrogens (tertiary/aromatic N) is 3. The maximum absolute atomic E-state index is 12.7. The van der Waals surface area contributed by atoms with Gasteiger partial charge in [-0.15, -0.1) is 0 Å². The number of nitrogens with one attached hydrogen (secondary N) is 1. The summed E-state index contributed by atoms with van der Waals surface area (Å²) in [5, 5.41) is 7.76. The number of carbonyl (C=O) groups is 2. The van der Waals surface area contributed by atoms with Crippen molar-refractivity contribution in [1.29, 1.82) is 0 Å². The molecule has 1 saturated heterocycles. The van der Waals surface area contributed by atoms with E-state index in [9.17, 15) is 9.59 Å². The normalized spacial score (nSPS) is 13.7. The van der Waals surface area contributed by atoms with Crippen LogP contribution in [0.5, 0.6) is 0 Å². The first kappa shape index (κ1) is 20.2. The second-order valence-electron chi connectivity index (χ2n) is 7.55. The van der Waals surface area contributed by atoms with E-state index in [0.717, 1.165) is 29.1 Å². The smallest absolute Gasteiger partial charge is 0.255 e.